The van der Waals surface area contributed by atoms with Gasteiger partial charge in [-0.2, -0.15) is 0 Å². The molecule has 112 valence electrons. The van der Waals surface area contributed by atoms with Gasteiger partial charge in [0.2, 0.25) is 5.58 Å². The first-order valence-electron chi connectivity index (χ1n) is 6.99. The van der Waals surface area contributed by atoms with Crippen LogP contribution in [0.2, 0.25) is 0 Å². The number of aromatic nitrogens is 3. The molecule has 0 fully saturated rings. The second-order valence-corrected chi connectivity index (χ2v) is 4.93. The van der Waals surface area contributed by atoms with E-state index in [1.54, 1.807) is 12.1 Å². The van der Waals surface area contributed by atoms with Crippen molar-refractivity contribution < 1.29 is 8.91 Å². The predicted octanol–water partition coefficient (Wildman–Crippen LogP) is 4.17. The van der Waals surface area contributed by atoms with Crippen LogP contribution in [0.3, 0.4) is 0 Å². The average Bonchev–Trinajstić information content (AvgIpc) is 3.01. The summed E-state index contributed by atoms with van der Waals surface area (Å²) in [5.41, 5.74) is 3.15. The fraction of sp³-hybridized carbons (Fsp3) is 0. The van der Waals surface area contributed by atoms with Gasteiger partial charge in [0, 0.05) is 11.3 Å². The Bertz CT molecular complexity index is 969. The minimum atomic E-state index is -0.331. The fourth-order valence-corrected chi connectivity index (χ4v) is 2.34. The molecule has 0 aliphatic heterocycles. The Hall–Kier alpha value is -3.28. The number of benzene rings is 2. The Labute approximate surface area is 130 Å². The molecule has 0 spiro atoms. The van der Waals surface area contributed by atoms with E-state index in [0.717, 1.165) is 5.56 Å². The zero-order valence-corrected chi connectivity index (χ0v) is 11.9. The van der Waals surface area contributed by atoms with E-state index < -0.39 is 0 Å². The molecule has 5 nitrogen and oxygen atoms in total. The standard InChI is InChI=1S/C17H11FN4O/c18-12-7-4-8-13(9-12)21-17-16-15(19-10-20-17)14(22-23-16)11-5-2-1-3-6-11/h1-10H,(H,19,20,21). The van der Waals surface area contributed by atoms with Gasteiger partial charge in [-0.3, -0.25) is 0 Å². The molecule has 0 atom stereocenters. The van der Waals surface area contributed by atoms with Crippen LogP contribution in [0.15, 0.2) is 65.4 Å². The summed E-state index contributed by atoms with van der Waals surface area (Å²) < 4.78 is 18.7. The monoisotopic (exact) mass is 306 g/mol. The highest BCUT2D eigenvalue weighted by atomic mass is 19.1. The van der Waals surface area contributed by atoms with E-state index in [4.69, 9.17) is 4.52 Å². The third-order valence-corrected chi connectivity index (χ3v) is 3.39. The van der Waals surface area contributed by atoms with Gasteiger partial charge in [0.25, 0.3) is 0 Å². The number of fused-ring (bicyclic) bond motifs is 1. The zero-order chi connectivity index (χ0) is 15.6. The molecular formula is C17H11FN4O. The van der Waals surface area contributed by atoms with E-state index in [1.165, 1.54) is 18.5 Å². The Morgan fingerprint density at radius 2 is 1.83 bits per heavy atom. The van der Waals surface area contributed by atoms with Crippen molar-refractivity contribution in [3.63, 3.8) is 0 Å². The second kappa shape index (κ2) is 5.49. The maximum Gasteiger partial charge on any atom is 0.228 e. The lowest BCUT2D eigenvalue weighted by atomic mass is 10.1. The normalized spacial score (nSPS) is 10.8. The summed E-state index contributed by atoms with van der Waals surface area (Å²) in [5.74, 6) is 0.109. The summed E-state index contributed by atoms with van der Waals surface area (Å²) >= 11 is 0. The average molecular weight is 306 g/mol. The highest BCUT2D eigenvalue weighted by Crippen LogP contribution is 2.30. The second-order valence-electron chi connectivity index (χ2n) is 4.93. The Kier molecular flexibility index (Phi) is 3.20. The summed E-state index contributed by atoms with van der Waals surface area (Å²) in [6.45, 7) is 0. The van der Waals surface area contributed by atoms with Crippen molar-refractivity contribution in [1.29, 1.82) is 0 Å². The molecule has 4 rings (SSSR count). The van der Waals surface area contributed by atoms with Crippen molar-refractivity contribution in [1.82, 2.24) is 15.1 Å². The molecule has 0 aliphatic carbocycles. The molecule has 2 aromatic heterocycles. The van der Waals surface area contributed by atoms with Crippen LogP contribution in [-0.2, 0) is 0 Å². The minimum absolute atomic E-state index is 0.331. The summed E-state index contributed by atoms with van der Waals surface area (Å²) in [5, 5.41) is 7.12. The van der Waals surface area contributed by atoms with Crippen LogP contribution in [0, 0.1) is 5.82 Å². The lowest BCUT2D eigenvalue weighted by molar-refractivity contribution is 0.459. The number of nitrogens with zero attached hydrogens (tertiary/aromatic N) is 3. The van der Waals surface area contributed by atoms with Gasteiger partial charge in [-0.1, -0.05) is 41.6 Å². The molecule has 1 N–H and O–H groups in total. The molecule has 0 radical (unpaired) electrons. The van der Waals surface area contributed by atoms with Crippen LogP contribution >= 0.6 is 0 Å². The van der Waals surface area contributed by atoms with E-state index in [-0.39, 0.29) is 5.82 Å². The first kappa shape index (κ1) is 13.4. The molecule has 0 bridgehead atoms. The number of anilines is 2. The van der Waals surface area contributed by atoms with Crippen LogP contribution < -0.4 is 5.32 Å². The molecule has 23 heavy (non-hydrogen) atoms. The number of nitrogens with one attached hydrogen (secondary N) is 1. The summed E-state index contributed by atoms with van der Waals surface area (Å²) in [4.78, 5) is 8.42. The highest BCUT2D eigenvalue weighted by molar-refractivity contribution is 5.94. The van der Waals surface area contributed by atoms with Gasteiger partial charge in [-0.05, 0) is 18.2 Å². The Morgan fingerprint density at radius 3 is 2.65 bits per heavy atom. The van der Waals surface area contributed by atoms with Crippen molar-refractivity contribution in [2.75, 3.05) is 5.32 Å². The van der Waals surface area contributed by atoms with Gasteiger partial charge in [-0.25, -0.2) is 14.4 Å². The molecule has 0 saturated carbocycles. The Balaban J connectivity index is 1.79. The summed E-state index contributed by atoms with van der Waals surface area (Å²) in [7, 11) is 0. The number of halogens is 1. The molecule has 0 amide bonds. The first-order chi connectivity index (χ1) is 11.3. The largest absolute Gasteiger partial charge is 0.350 e. The van der Waals surface area contributed by atoms with Crippen molar-refractivity contribution in [2.45, 2.75) is 0 Å². The molecule has 0 saturated heterocycles. The molecule has 4 aromatic rings. The lowest BCUT2D eigenvalue weighted by Crippen LogP contribution is -1.95. The minimum Gasteiger partial charge on any atom is -0.350 e. The Morgan fingerprint density at radius 1 is 0.957 bits per heavy atom. The molecule has 0 unspecified atom stereocenters. The molecule has 6 heteroatoms. The van der Waals surface area contributed by atoms with E-state index >= 15 is 0 Å². The smallest absolute Gasteiger partial charge is 0.228 e. The molecule has 2 heterocycles. The summed E-state index contributed by atoms with van der Waals surface area (Å²) in [6, 6.07) is 15.7. The third-order valence-electron chi connectivity index (χ3n) is 3.39. The van der Waals surface area contributed by atoms with E-state index in [9.17, 15) is 4.39 Å². The van der Waals surface area contributed by atoms with Gasteiger partial charge < -0.3 is 9.84 Å². The van der Waals surface area contributed by atoms with E-state index in [1.807, 2.05) is 30.3 Å². The van der Waals surface area contributed by atoms with Crippen molar-refractivity contribution in [3.8, 4) is 11.3 Å². The van der Waals surface area contributed by atoms with Crippen LogP contribution in [0.1, 0.15) is 0 Å². The van der Waals surface area contributed by atoms with Gasteiger partial charge in [0.05, 0.1) is 0 Å². The van der Waals surface area contributed by atoms with Crippen LogP contribution in [0.5, 0.6) is 0 Å². The van der Waals surface area contributed by atoms with Gasteiger partial charge >= 0.3 is 0 Å². The molecule has 2 aromatic carbocycles. The van der Waals surface area contributed by atoms with Gasteiger partial charge in [0.15, 0.2) is 5.82 Å². The topological polar surface area (TPSA) is 63.8 Å². The number of rotatable bonds is 3. The lowest BCUT2D eigenvalue weighted by Gasteiger charge is -2.04. The summed E-state index contributed by atoms with van der Waals surface area (Å²) in [6.07, 6.45) is 1.42. The first-order valence-corrected chi connectivity index (χ1v) is 6.99. The maximum atomic E-state index is 13.3. The van der Waals surface area contributed by atoms with Gasteiger partial charge in [-0.15, -0.1) is 0 Å². The fourth-order valence-electron chi connectivity index (χ4n) is 2.34. The van der Waals surface area contributed by atoms with Gasteiger partial charge in [0.1, 0.15) is 23.4 Å². The van der Waals surface area contributed by atoms with Crippen LogP contribution in [0.25, 0.3) is 22.4 Å². The maximum absolute atomic E-state index is 13.3. The number of hydrogen-bond donors (Lipinski definition) is 1. The zero-order valence-electron chi connectivity index (χ0n) is 11.9. The van der Waals surface area contributed by atoms with E-state index in [0.29, 0.717) is 28.3 Å². The van der Waals surface area contributed by atoms with E-state index in [2.05, 4.69) is 20.4 Å². The quantitative estimate of drug-likeness (QED) is 0.615. The highest BCUT2D eigenvalue weighted by Gasteiger charge is 2.16. The third kappa shape index (κ3) is 2.50. The SMILES string of the molecule is Fc1cccc(Nc2ncnc3c(-c4ccccc4)noc23)c1. The van der Waals surface area contributed by atoms with Crippen LogP contribution in [0.4, 0.5) is 15.9 Å². The van der Waals surface area contributed by atoms with Crippen molar-refractivity contribution in [3.05, 3.63) is 66.7 Å². The van der Waals surface area contributed by atoms with Crippen LogP contribution in [-0.4, -0.2) is 15.1 Å². The van der Waals surface area contributed by atoms with Crippen molar-refractivity contribution in [2.24, 2.45) is 0 Å². The molecular weight excluding hydrogens is 295 g/mol. The van der Waals surface area contributed by atoms with Crippen molar-refractivity contribution >= 4 is 22.6 Å². The predicted molar refractivity (Wildman–Crippen MR) is 84.7 cm³/mol. The number of hydrogen-bond acceptors (Lipinski definition) is 5. The molecule has 0 aliphatic rings.